The van der Waals surface area contributed by atoms with Gasteiger partial charge in [0.1, 0.15) is 11.5 Å². The molecule has 2 rings (SSSR count). The minimum atomic E-state index is -2.89. The van der Waals surface area contributed by atoms with Crippen molar-refractivity contribution in [2.24, 2.45) is 0 Å². The predicted molar refractivity (Wildman–Crippen MR) is 107 cm³/mol. The lowest BCUT2D eigenvalue weighted by atomic mass is 10.0. The molecule has 0 aliphatic heterocycles. The molecule has 1 aromatic heterocycles. The molecule has 0 bridgehead atoms. The fourth-order valence-corrected chi connectivity index (χ4v) is 2.98. The Balaban J connectivity index is 2.53. The van der Waals surface area contributed by atoms with E-state index in [0.29, 0.717) is 28.6 Å². The zero-order valence-electron chi connectivity index (χ0n) is 17.0. The Morgan fingerprint density at radius 2 is 1.75 bits per heavy atom. The Morgan fingerprint density at radius 3 is 2.29 bits per heavy atom. The maximum absolute atomic E-state index is 12.5. The summed E-state index contributed by atoms with van der Waals surface area (Å²) in [6.07, 6.45) is 2.65. The molecule has 28 heavy (non-hydrogen) atoms. The molecule has 0 atom stereocenters. The Kier molecular flexibility index (Phi) is 7.84. The highest BCUT2D eigenvalue weighted by molar-refractivity contribution is 5.74. The van der Waals surface area contributed by atoms with Crippen LogP contribution in [0.2, 0.25) is 0 Å². The number of ether oxygens (including phenoxy) is 3. The summed E-state index contributed by atoms with van der Waals surface area (Å²) in [5.41, 5.74) is 2.39. The van der Waals surface area contributed by atoms with Gasteiger partial charge in [-0.25, -0.2) is 4.98 Å². The molecular weight excluding hydrogens is 366 g/mol. The number of anilines is 1. The Morgan fingerprint density at radius 1 is 1.04 bits per heavy atom. The number of hydrogen-bond acceptors (Lipinski definition) is 5. The van der Waals surface area contributed by atoms with Gasteiger partial charge in [-0.05, 0) is 43.0 Å². The highest BCUT2D eigenvalue weighted by Gasteiger charge is 2.19. The molecule has 1 N–H and O–H groups in total. The third-order valence-electron chi connectivity index (χ3n) is 4.54. The summed E-state index contributed by atoms with van der Waals surface area (Å²) in [6, 6.07) is 6.59. The lowest BCUT2D eigenvalue weighted by Gasteiger charge is -2.21. The monoisotopic (exact) mass is 394 g/mol. The summed E-state index contributed by atoms with van der Waals surface area (Å²) in [7, 11) is 3.27. The summed E-state index contributed by atoms with van der Waals surface area (Å²) >= 11 is 0. The zero-order chi connectivity index (χ0) is 20.7. The zero-order valence-corrected chi connectivity index (χ0v) is 17.0. The van der Waals surface area contributed by atoms with Gasteiger partial charge >= 0.3 is 6.61 Å². The molecule has 1 heterocycles. The van der Waals surface area contributed by atoms with Gasteiger partial charge in [-0.15, -0.1) is 0 Å². The van der Waals surface area contributed by atoms with E-state index >= 15 is 0 Å². The van der Waals surface area contributed by atoms with E-state index < -0.39 is 6.61 Å². The normalized spacial score (nSPS) is 11.0. The van der Waals surface area contributed by atoms with Crippen molar-refractivity contribution in [3.05, 3.63) is 29.8 Å². The fourth-order valence-electron chi connectivity index (χ4n) is 2.98. The first kappa shape index (κ1) is 21.7. The largest absolute Gasteiger partial charge is 0.496 e. The summed E-state index contributed by atoms with van der Waals surface area (Å²) in [6.45, 7) is 3.31. The second kappa shape index (κ2) is 10.1. The third-order valence-corrected chi connectivity index (χ3v) is 4.54. The number of aromatic nitrogens is 1. The molecule has 1 aromatic carbocycles. The molecule has 0 saturated carbocycles. The van der Waals surface area contributed by atoms with Gasteiger partial charge in [0.25, 0.3) is 0 Å². The maximum atomic E-state index is 12.5. The predicted octanol–water partition coefficient (Wildman–Crippen LogP) is 5.53. The minimum absolute atomic E-state index is 0.0381. The van der Waals surface area contributed by atoms with Crippen LogP contribution in [0, 0.1) is 0 Å². The summed E-state index contributed by atoms with van der Waals surface area (Å²) < 4.78 is 41.0. The smallest absolute Gasteiger partial charge is 0.387 e. The van der Waals surface area contributed by atoms with Gasteiger partial charge in [0, 0.05) is 18.7 Å². The first-order valence-corrected chi connectivity index (χ1v) is 9.48. The van der Waals surface area contributed by atoms with Crippen LogP contribution in [-0.2, 0) is 6.42 Å². The van der Waals surface area contributed by atoms with Crippen molar-refractivity contribution < 1.29 is 23.0 Å². The second-order valence-corrected chi connectivity index (χ2v) is 6.24. The highest BCUT2D eigenvalue weighted by Crippen LogP contribution is 2.38. The van der Waals surface area contributed by atoms with E-state index in [0.717, 1.165) is 24.8 Å². The number of alkyl halides is 2. The summed E-state index contributed by atoms with van der Waals surface area (Å²) in [5.74, 6) is 1.77. The van der Waals surface area contributed by atoms with Crippen molar-refractivity contribution in [1.82, 2.24) is 4.98 Å². The molecule has 0 amide bonds. The quantitative estimate of drug-likeness (QED) is 0.574. The van der Waals surface area contributed by atoms with Crippen LogP contribution < -0.4 is 19.5 Å². The molecule has 0 saturated heterocycles. The molecule has 2 aromatic rings. The van der Waals surface area contributed by atoms with Crippen molar-refractivity contribution in [3.8, 4) is 28.5 Å². The molecule has 0 radical (unpaired) electrons. The van der Waals surface area contributed by atoms with Crippen molar-refractivity contribution in [1.29, 1.82) is 0 Å². The number of hydrogen-bond donors (Lipinski definition) is 1. The van der Waals surface area contributed by atoms with E-state index in [9.17, 15) is 8.78 Å². The van der Waals surface area contributed by atoms with Gasteiger partial charge in [0.05, 0.1) is 18.9 Å². The van der Waals surface area contributed by atoms with E-state index in [1.807, 2.05) is 13.0 Å². The number of nitrogens with one attached hydrogen (secondary N) is 1. The first-order valence-electron chi connectivity index (χ1n) is 9.48. The lowest BCUT2D eigenvalue weighted by Crippen LogP contribution is -2.15. The molecule has 7 heteroatoms. The second-order valence-electron chi connectivity index (χ2n) is 6.24. The molecule has 5 nitrogen and oxygen atoms in total. The van der Waals surface area contributed by atoms with E-state index in [-0.39, 0.29) is 11.9 Å². The van der Waals surface area contributed by atoms with Crippen molar-refractivity contribution in [2.75, 3.05) is 19.5 Å². The standard InChI is InChI=1S/C21H28F2N2O3/c1-6-13-11-18(27-14(7-2)8-3)20(24-4)25-19(13)16-10-9-15(28-21(22)23)12-17(16)26-5/h9-12,14,21H,6-8H2,1-5H3,(H,24,25). The van der Waals surface area contributed by atoms with Gasteiger partial charge in [-0.3, -0.25) is 0 Å². The van der Waals surface area contributed by atoms with E-state index in [1.165, 1.54) is 19.2 Å². The maximum Gasteiger partial charge on any atom is 0.387 e. The Labute approximate surface area is 165 Å². The third kappa shape index (κ3) is 5.03. The Bertz CT molecular complexity index is 780. The van der Waals surface area contributed by atoms with Crippen LogP contribution in [0.5, 0.6) is 17.2 Å². The molecular formula is C21H28F2N2O3. The molecule has 0 aliphatic carbocycles. The fraction of sp³-hybridized carbons (Fsp3) is 0.476. The van der Waals surface area contributed by atoms with Crippen LogP contribution in [0.4, 0.5) is 14.6 Å². The van der Waals surface area contributed by atoms with Gasteiger partial charge in [0.15, 0.2) is 11.6 Å². The van der Waals surface area contributed by atoms with Crippen molar-refractivity contribution in [3.63, 3.8) is 0 Å². The number of aryl methyl sites for hydroxylation is 1. The van der Waals surface area contributed by atoms with Crippen LogP contribution in [0.3, 0.4) is 0 Å². The molecule has 0 unspecified atom stereocenters. The average Bonchev–Trinajstić information content (AvgIpc) is 2.70. The SMILES string of the molecule is CCc1cc(OC(CC)CC)c(NC)nc1-c1ccc(OC(F)F)cc1OC. The number of methoxy groups -OCH3 is 1. The van der Waals surface area contributed by atoms with Crippen LogP contribution >= 0.6 is 0 Å². The highest BCUT2D eigenvalue weighted by atomic mass is 19.3. The van der Waals surface area contributed by atoms with Crippen LogP contribution in [0.15, 0.2) is 24.3 Å². The number of rotatable bonds is 10. The topological polar surface area (TPSA) is 52.6 Å². The van der Waals surface area contributed by atoms with Crippen LogP contribution in [-0.4, -0.2) is 31.9 Å². The molecule has 0 fully saturated rings. The van der Waals surface area contributed by atoms with Crippen LogP contribution in [0.1, 0.15) is 39.2 Å². The van der Waals surface area contributed by atoms with Crippen molar-refractivity contribution >= 4 is 5.82 Å². The minimum Gasteiger partial charge on any atom is -0.496 e. The van der Waals surface area contributed by atoms with E-state index in [1.54, 1.807) is 13.1 Å². The molecule has 154 valence electrons. The molecule has 0 aliphatic rings. The average molecular weight is 394 g/mol. The van der Waals surface area contributed by atoms with Gasteiger partial charge in [-0.2, -0.15) is 8.78 Å². The van der Waals surface area contributed by atoms with Crippen LogP contribution in [0.25, 0.3) is 11.3 Å². The lowest BCUT2D eigenvalue weighted by molar-refractivity contribution is -0.0499. The number of benzene rings is 1. The van der Waals surface area contributed by atoms with Crippen molar-refractivity contribution in [2.45, 2.75) is 52.7 Å². The summed E-state index contributed by atoms with van der Waals surface area (Å²) in [5, 5.41) is 3.08. The van der Waals surface area contributed by atoms with Gasteiger partial charge in [-0.1, -0.05) is 20.8 Å². The van der Waals surface area contributed by atoms with Gasteiger partial charge < -0.3 is 19.5 Å². The van der Waals surface area contributed by atoms with Gasteiger partial charge in [0.2, 0.25) is 0 Å². The van der Waals surface area contributed by atoms with E-state index in [2.05, 4.69) is 23.9 Å². The Hall–Kier alpha value is -2.57. The number of nitrogens with zero attached hydrogens (tertiary/aromatic N) is 1. The number of halogens is 2. The summed E-state index contributed by atoms with van der Waals surface area (Å²) in [4.78, 5) is 4.75. The number of pyridine rings is 1. The van der Waals surface area contributed by atoms with E-state index in [4.69, 9.17) is 14.5 Å². The molecule has 0 spiro atoms. The first-order chi connectivity index (χ1) is 13.5.